The van der Waals surface area contributed by atoms with Gasteiger partial charge in [-0.3, -0.25) is 14.9 Å². The molecule has 0 radical (unpaired) electrons. The van der Waals surface area contributed by atoms with Gasteiger partial charge < -0.3 is 0 Å². The molecule has 0 aliphatic heterocycles. The van der Waals surface area contributed by atoms with E-state index in [2.05, 4.69) is 24.4 Å². The zero-order valence-corrected chi connectivity index (χ0v) is 16.2. The zero-order chi connectivity index (χ0) is 17.9. The van der Waals surface area contributed by atoms with E-state index in [9.17, 15) is 9.59 Å². The van der Waals surface area contributed by atoms with Crippen LogP contribution in [0.2, 0.25) is 0 Å². The minimum atomic E-state index is -0.408. The van der Waals surface area contributed by atoms with E-state index < -0.39 is 5.91 Å². The lowest BCUT2D eigenvalue weighted by Crippen LogP contribution is -2.30. The first-order valence-electron chi connectivity index (χ1n) is 9.74. The van der Waals surface area contributed by atoms with E-state index in [1.54, 1.807) is 0 Å². The number of carbonyl (C=O) groups is 2. The fourth-order valence-electron chi connectivity index (χ4n) is 2.61. The van der Waals surface area contributed by atoms with Gasteiger partial charge in [-0.1, -0.05) is 70.4 Å². The highest BCUT2D eigenvalue weighted by Crippen LogP contribution is 2.09. The molecule has 0 aromatic heterocycles. The first-order valence-corrected chi connectivity index (χ1v) is 10.3. The number of unbranched alkanes of at least 4 members (excludes halogenated alkanes) is 11. The van der Waals surface area contributed by atoms with Gasteiger partial charge in [0, 0.05) is 6.42 Å². The third-order valence-corrected chi connectivity index (χ3v) is 4.31. The Kier molecular flexibility index (Phi) is 17.9. The van der Waals surface area contributed by atoms with Gasteiger partial charge in [0.15, 0.2) is 0 Å². The van der Waals surface area contributed by atoms with Crippen molar-refractivity contribution in [2.45, 2.75) is 96.8 Å². The molecule has 0 aromatic carbocycles. The Balaban J connectivity index is 3.23. The molecule has 0 aliphatic carbocycles. The van der Waals surface area contributed by atoms with Crippen molar-refractivity contribution in [2.24, 2.45) is 0 Å². The molecule has 0 fully saturated rings. The van der Waals surface area contributed by atoms with Crippen molar-refractivity contribution in [3.8, 4) is 0 Å². The molecule has 0 saturated carbocycles. The topological polar surface area (TPSA) is 46.2 Å². The number of halogens is 1. The number of alkyl halides is 1. The van der Waals surface area contributed by atoms with Crippen molar-refractivity contribution in [3.05, 3.63) is 12.2 Å². The van der Waals surface area contributed by atoms with Crippen molar-refractivity contribution in [1.29, 1.82) is 0 Å². The van der Waals surface area contributed by atoms with Crippen LogP contribution in [0.15, 0.2) is 12.2 Å². The smallest absolute Gasteiger partial charge is 0.241 e. The van der Waals surface area contributed by atoms with Gasteiger partial charge in [-0.15, -0.1) is 11.6 Å². The maximum Gasteiger partial charge on any atom is 0.241 e. The van der Waals surface area contributed by atoms with E-state index in [0.29, 0.717) is 6.42 Å². The summed E-state index contributed by atoms with van der Waals surface area (Å²) in [6.45, 7) is 2.25. The van der Waals surface area contributed by atoms with Crippen LogP contribution in [0.1, 0.15) is 96.8 Å². The second-order valence-electron chi connectivity index (χ2n) is 6.44. The van der Waals surface area contributed by atoms with Gasteiger partial charge in [0.1, 0.15) is 5.88 Å². The Bertz CT molecular complexity index is 343. The Morgan fingerprint density at radius 2 is 1.25 bits per heavy atom. The maximum absolute atomic E-state index is 11.3. The molecule has 0 bridgehead atoms. The molecule has 4 heteroatoms. The van der Waals surface area contributed by atoms with Crippen LogP contribution in [-0.4, -0.2) is 17.7 Å². The minimum Gasteiger partial charge on any atom is -0.295 e. The van der Waals surface area contributed by atoms with E-state index in [1.165, 1.54) is 64.2 Å². The Morgan fingerprint density at radius 1 is 0.750 bits per heavy atom. The number of allylic oxidation sites excluding steroid dienone is 2. The number of hydrogen-bond acceptors (Lipinski definition) is 2. The highest BCUT2D eigenvalue weighted by atomic mass is 35.5. The lowest BCUT2D eigenvalue weighted by Gasteiger charge is -2.02. The molecule has 0 unspecified atom stereocenters. The maximum atomic E-state index is 11.3. The van der Waals surface area contributed by atoms with Crippen LogP contribution in [0.25, 0.3) is 0 Å². The highest BCUT2D eigenvalue weighted by molar-refractivity contribution is 6.28. The van der Waals surface area contributed by atoms with Gasteiger partial charge in [-0.05, 0) is 32.1 Å². The summed E-state index contributed by atoms with van der Waals surface area (Å²) in [5.74, 6) is -0.773. The Morgan fingerprint density at radius 3 is 1.79 bits per heavy atom. The van der Waals surface area contributed by atoms with Gasteiger partial charge in [0.2, 0.25) is 11.8 Å². The second kappa shape index (κ2) is 18.5. The molecule has 0 spiro atoms. The molecule has 0 aliphatic rings. The largest absolute Gasteiger partial charge is 0.295 e. The average molecular weight is 358 g/mol. The summed E-state index contributed by atoms with van der Waals surface area (Å²) < 4.78 is 0. The number of amides is 2. The van der Waals surface area contributed by atoms with Gasteiger partial charge in [-0.2, -0.15) is 0 Å². The molecule has 0 rings (SSSR count). The second-order valence-corrected chi connectivity index (χ2v) is 6.71. The third kappa shape index (κ3) is 17.5. The summed E-state index contributed by atoms with van der Waals surface area (Å²) in [7, 11) is 0. The molecule has 0 heterocycles. The summed E-state index contributed by atoms with van der Waals surface area (Å²) >= 11 is 5.32. The minimum absolute atomic E-state index is 0.155. The van der Waals surface area contributed by atoms with Crippen LogP contribution >= 0.6 is 11.6 Å². The molecule has 0 atom stereocenters. The zero-order valence-electron chi connectivity index (χ0n) is 15.5. The molecule has 0 aromatic rings. The summed E-state index contributed by atoms with van der Waals surface area (Å²) in [6, 6.07) is 0. The van der Waals surface area contributed by atoms with Gasteiger partial charge in [0.05, 0.1) is 0 Å². The SMILES string of the molecule is CCCCCCCCC=CCCCCCCCC(=O)NC(=O)CCl. The van der Waals surface area contributed by atoms with E-state index in [4.69, 9.17) is 11.6 Å². The molecule has 2 amide bonds. The van der Waals surface area contributed by atoms with Crippen LogP contribution in [0, 0.1) is 0 Å². The Hall–Kier alpha value is -0.830. The lowest BCUT2D eigenvalue weighted by molar-refractivity contribution is -0.129. The first kappa shape index (κ1) is 23.2. The van der Waals surface area contributed by atoms with E-state index >= 15 is 0 Å². The number of imide groups is 1. The standard InChI is InChI=1S/C20H36ClNO2/c1-2-3-4-5-6-7-8-9-10-11-12-13-14-15-16-17-19(23)22-20(24)18-21/h9-10H,2-8,11-18H2,1H3,(H,22,23,24). The summed E-state index contributed by atoms with van der Waals surface area (Å²) in [5.41, 5.74) is 0. The fourth-order valence-corrected chi connectivity index (χ4v) is 2.67. The van der Waals surface area contributed by atoms with Gasteiger partial charge >= 0.3 is 0 Å². The summed E-state index contributed by atoms with van der Waals surface area (Å²) in [5, 5.41) is 2.26. The molecule has 0 saturated heterocycles. The molecule has 24 heavy (non-hydrogen) atoms. The van der Waals surface area contributed by atoms with Crippen molar-refractivity contribution >= 4 is 23.4 Å². The van der Waals surface area contributed by atoms with Crippen molar-refractivity contribution in [3.63, 3.8) is 0 Å². The number of nitrogens with one attached hydrogen (secondary N) is 1. The normalized spacial score (nSPS) is 11.1. The predicted molar refractivity (Wildman–Crippen MR) is 103 cm³/mol. The fraction of sp³-hybridized carbons (Fsp3) is 0.800. The van der Waals surface area contributed by atoms with Gasteiger partial charge in [-0.25, -0.2) is 0 Å². The van der Waals surface area contributed by atoms with Crippen molar-refractivity contribution in [1.82, 2.24) is 5.32 Å². The number of hydrogen-bond donors (Lipinski definition) is 1. The van der Waals surface area contributed by atoms with Crippen molar-refractivity contribution < 1.29 is 9.59 Å². The lowest BCUT2D eigenvalue weighted by atomic mass is 10.1. The van der Waals surface area contributed by atoms with Gasteiger partial charge in [0.25, 0.3) is 0 Å². The summed E-state index contributed by atoms with van der Waals surface area (Å²) in [6.07, 6.45) is 21.1. The quantitative estimate of drug-likeness (QED) is 0.212. The molecule has 1 N–H and O–H groups in total. The number of carbonyl (C=O) groups excluding carboxylic acids is 2. The highest BCUT2D eigenvalue weighted by Gasteiger charge is 2.05. The first-order chi connectivity index (χ1) is 11.7. The monoisotopic (exact) mass is 357 g/mol. The van der Waals surface area contributed by atoms with E-state index in [-0.39, 0.29) is 11.8 Å². The van der Waals surface area contributed by atoms with Crippen molar-refractivity contribution in [2.75, 3.05) is 5.88 Å². The molecule has 3 nitrogen and oxygen atoms in total. The Labute approximate surface area is 153 Å². The van der Waals surface area contributed by atoms with Crippen LogP contribution in [-0.2, 0) is 9.59 Å². The number of rotatable bonds is 16. The third-order valence-electron chi connectivity index (χ3n) is 4.07. The average Bonchev–Trinajstić information content (AvgIpc) is 2.58. The van der Waals surface area contributed by atoms with Crippen LogP contribution in [0.3, 0.4) is 0 Å². The molecule has 140 valence electrons. The van der Waals surface area contributed by atoms with E-state index in [1.807, 2.05) is 0 Å². The van der Waals surface area contributed by atoms with Crippen LogP contribution in [0.4, 0.5) is 0 Å². The van der Waals surface area contributed by atoms with E-state index in [0.717, 1.165) is 19.3 Å². The molecular weight excluding hydrogens is 322 g/mol. The predicted octanol–water partition coefficient (Wildman–Crippen LogP) is 5.91. The molecular formula is C20H36ClNO2. The van der Waals surface area contributed by atoms with Crippen LogP contribution < -0.4 is 5.32 Å². The van der Waals surface area contributed by atoms with Crippen LogP contribution in [0.5, 0.6) is 0 Å². The summed E-state index contributed by atoms with van der Waals surface area (Å²) in [4.78, 5) is 22.3.